The fraction of sp³-hybridized carbons (Fsp3) is 0.471. The van der Waals surface area contributed by atoms with Crippen molar-refractivity contribution in [3.63, 3.8) is 0 Å². The van der Waals surface area contributed by atoms with E-state index in [-0.39, 0.29) is 28.5 Å². The largest absolute Gasteiger partial charge is 0.379 e. The van der Waals surface area contributed by atoms with Gasteiger partial charge in [-0.3, -0.25) is 14.2 Å². The van der Waals surface area contributed by atoms with Crippen LogP contribution in [0.1, 0.15) is 74.6 Å². The summed E-state index contributed by atoms with van der Waals surface area (Å²) in [5, 5.41) is 17.0. The molecule has 1 fully saturated rings. The lowest BCUT2D eigenvalue weighted by Gasteiger charge is -2.45. The molecule has 0 aliphatic carbocycles. The Bertz CT molecular complexity index is 1630. The summed E-state index contributed by atoms with van der Waals surface area (Å²) in [5.74, 6) is -1.38. The van der Waals surface area contributed by atoms with Crippen LogP contribution in [0.25, 0.3) is 11.3 Å². The second-order valence-corrected chi connectivity index (χ2v) is 13.5. The number of aryl methyl sites for hydroxylation is 2. The van der Waals surface area contributed by atoms with Crippen molar-refractivity contribution in [1.82, 2.24) is 29.7 Å². The minimum atomic E-state index is -0.748. The average Bonchev–Trinajstić information content (AvgIpc) is 3.60. The fourth-order valence-corrected chi connectivity index (χ4v) is 6.13. The number of hydrogen-bond acceptors (Lipinski definition) is 5. The standard InChI is InChI=1S/C34H43F2N7O/c1-22(2)34(21-42-18-26(38-40-42)17-37-30-23(3)10-8-11-24(30)4)14-9-15-41(20-34)32(44)28-19-43(33(5,6)7)39-31(28)27-13-12-25(35)16-29(27)36/h8,10-13,16,18-19,22,37H,9,14-15,17,20-21H2,1-7H3. The maximum Gasteiger partial charge on any atom is 0.257 e. The van der Waals surface area contributed by atoms with Gasteiger partial charge in [0.25, 0.3) is 5.91 Å². The molecule has 3 heterocycles. The van der Waals surface area contributed by atoms with Crippen LogP contribution in [0.4, 0.5) is 14.5 Å². The van der Waals surface area contributed by atoms with Crippen molar-refractivity contribution in [3.05, 3.63) is 82.8 Å². The molecule has 44 heavy (non-hydrogen) atoms. The van der Waals surface area contributed by atoms with Crippen LogP contribution in [0.3, 0.4) is 0 Å². The Morgan fingerprint density at radius 2 is 1.82 bits per heavy atom. The number of nitrogens with one attached hydrogen (secondary N) is 1. The van der Waals surface area contributed by atoms with Crippen LogP contribution in [0.5, 0.6) is 0 Å². The quantitative estimate of drug-likeness (QED) is 0.235. The van der Waals surface area contributed by atoms with Crippen LogP contribution >= 0.6 is 0 Å². The summed E-state index contributed by atoms with van der Waals surface area (Å²) in [6.07, 6.45) is 5.44. The molecule has 1 atom stereocenters. The third kappa shape index (κ3) is 6.39. The molecule has 0 spiro atoms. The maximum absolute atomic E-state index is 15.0. The van der Waals surface area contributed by atoms with Crippen molar-refractivity contribution < 1.29 is 13.6 Å². The lowest BCUT2D eigenvalue weighted by Crippen LogP contribution is -2.50. The third-order valence-electron chi connectivity index (χ3n) is 8.93. The molecule has 1 unspecified atom stereocenters. The van der Waals surface area contributed by atoms with Gasteiger partial charge < -0.3 is 10.2 Å². The highest BCUT2D eigenvalue weighted by Gasteiger charge is 2.41. The molecule has 1 saturated heterocycles. The molecule has 1 aliphatic rings. The van der Waals surface area contributed by atoms with Crippen LogP contribution in [0, 0.1) is 36.8 Å². The number of benzene rings is 2. The van der Waals surface area contributed by atoms with E-state index in [2.05, 4.69) is 60.6 Å². The van der Waals surface area contributed by atoms with E-state index in [1.165, 1.54) is 23.3 Å². The van der Waals surface area contributed by atoms with Gasteiger partial charge in [0.2, 0.25) is 0 Å². The average molecular weight is 604 g/mol. The number of hydrogen-bond donors (Lipinski definition) is 1. The lowest BCUT2D eigenvalue weighted by atomic mass is 9.71. The summed E-state index contributed by atoms with van der Waals surface area (Å²) in [4.78, 5) is 16.0. The summed E-state index contributed by atoms with van der Waals surface area (Å²) < 4.78 is 32.3. The van der Waals surface area contributed by atoms with Gasteiger partial charge in [0.15, 0.2) is 0 Å². The molecule has 1 amide bonds. The predicted molar refractivity (Wildman–Crippen MR) is 168 cm³/mol. The van der Waals surface area contributed by atoms with Gasteiger partial charge in [-0.15, -0.1) is 5.10 Å². The molecule has 1 N–H and O–H groups in total. The molecule has 0 saturated carbocycles. The first-order valence-corrected chi connectivity index (χ1v) is 15.3. The highest BCUT2D eigenvalue weighted by atomic mass is 19.1. The second kappa shape index (κ2) is 12.1. The fourth-order valence-electron chi connectivity index (χ4n) is 6.13. The van der Waals surface area contributed by atoms with Crippen molar-refractivity contribution >= 4 is 11.6 Å². The molecule has 10 heteroatoms. The number of para-hydroxylation sites is 1. The highest BCUT2D eigenvalue weighted by molar-refractivity contribution is 6.00. The number of aromatic nitrogens is 5. The number of halogens is 2. The Morgan fingerprint density at radius 3 is 2.48 bits per heavy atom. The lowest BCUT2D eigenvalue weighted by molar-refractivity contribution is 0.0239. The second-order valence-electron chi connectivity index (χ2n) is 13.5. The zero-order valence-corrected chi connectivity index (χ0v) is 26.8. The summed E-state index contributed by atoms with van der Waals surface area (Å²) >= 11 is 0. The number of likely N-dealkylation sites (tertiary alicyclic amines) is 1. The summed E-state index contributed by atoms with van der Waals surface area (Å²) in [6, 6.07) is 9.59. The number of carbonyl (C=O) groups excluding carboxylic acids is 1. The summed E-state index contributed by atoms with van der Waals surface area (Å²) in [7, 11) is 0. The normalized spacial score (nSPS) is 17.4. The van der Waals surface area contributed by atoms with Crippen LogP contribution in [0.15, 0.2) is 48.8 Å². The van der Waals surface area contributed by atoms with E-state index in [1.807, 2.05) is 42.6 Å². The number of anilines is 1. The van der Waals surface area contributed by atoms with Gasteiger partial charge in [0, 0.05) is 42.0 Å². The van der Waals surface area contributed by atoms with Crippen molar-refractivity contribution in [2.24, 2.45) is 11.3 Å². The van der Waals surface area contributed by atoms with E-state index in [0.717, 1.165) is 30.3 Å². The van der Waals surface area contributed by atoms with Crippen LogP contribution in [-0.2, 0) is 18.6 Å². The zero-order valence-electron chi connectivity index (χ0n) is 26.8. The van der Waals surface area contributed by atoms with E-state index in [4.69, 9.17) is 0 Å². The smallest absolute Gasteiger partial charge is 0.257 e. The molecule has 8 nitrogen and oxygen atoms in total. The van der Waals surface area contributed by atoms with Crippen LogP contribution < -0.4 is 5.32 Å². The Hall–Kier alpha value is -4.08. The first-order chi connectivity index (χ1) is 20.8. The molecule has 4 aromatic rings. The van der Waals surface area contributed by atoms with E-state index >= 15 is 0 Å². The minimum absolute atomic E-state index is 0.106. The Kier molecular flexibility index (Phi) is 8.64. The monoisotopic (exact) mass is 603 g/mol. The molecule has 234 valence electrons. The Labute approximate surface area is 258 Å². The van der Waals surface area contributed by atoms with E-state index < -0.39 is 17.2 Å². The van der Waals surface area contributed by atoms with Crippen molar-refractivity contribution in [1.29, 1.82) is 0 Å². The van der Waals surface area contributed by atoms with Crippen molar-refractivity contribution in [2.45, 2.75) is 79.9 Å². The van der Waals surface area contributed by atoms with Crippen molar-refractivity contribution in [2.75, 3.05) is 18.4 Å². The third-order valence-corrected chi connectivity index (χ3v) is 8.93. The summed E-state index contributed by atoms with van der Waals surface area (Å²) in [5.41, 5.74) is 4.28. The molecule has 1 aliphatic heterocycles. The molecule has 2 aromatic heterocycles. The molecular weight excluding hydrogens is 560 g/mol. The van der Waals surface area contributed by atoms with E-state index in [0.29, 0.717) is 31.7 Å². The first-order valence-electron chi connectivity index (χ1n) is 15.3. The number of nitrogens with zero attached hydrogens (tertiary/aromatic N) is 6. The Balaban J connectivity index is 1.38. The molecule has 2 aromatic carbocycles. The van der Waals surface area contributed by atoms with Gasteiger partial charge in [0.05, 0.1) is 30.4 Å². The van der Waals surface area contributed by atoms with Gasteiger partial charge in [0.1, 0.15) is 23.0 Å². The van der Waals surface area contributed by atoms with Gasteiger partial charge in [-0.2, -0.15) is 5.10 Å². The van der Waals surface area contributed by atoms with Crippen molar-refractivity contribution in [3.8, 4) is 11.3 Å². The SMILES string of the molecule is Cc1cccc(C)c1NCc1cn(CC2(C(C)C)CCCN(C(=O)c3cn(C(C)(C)C)nc3-c3ccc(F)cc3F)C2)nn1. The predicted octanol–water partition coefficient (Wildman–Crippen LogP) is 6.98. The number of piperidine rings is 1. The number of rotatable bonds is 8. The van der Waals surface area contributed by atoms with Gasteiger partial charge in [-0.1, -0.05) is 37.3 Å². The Morgan fingerprint density at radius 1 is 1.09 bits per heavy atom. The maximum atomic E-state index is 15.0. The number of amides is 1. The summed E-state index contributed by atoms with van der Waals surface area (Å²) in [6.45, 7) is 16.7. The molecular formula is C34H43F2N7O. The minimum Gasteiger partial charge on any atom is -0.379 e. The number of carbonyl (C=O) groups is 1. The van der Waals surface area contributed by atoms with Gasteiger partial charge >= 0.3 is 0 Å². The molecule has 5 rings (SSSR count). The van der Waals surface area contributed by atoms with E-state index in [1.54, 1.807) is 10.9 Å². The highest BCUT2D eigenvalue weighted by Crippen LogP contribution is 2.40. The van der Waals surface area contributed by atoms with Gasteiger partial charge in [-0.05, 0) is 76.6 Å². The zero-order chi connectivity index (χ0) is 31.8. The van der Waals surface area contributed by atoms with E-state index in [9.17, 15) is 13.6 Å². The topological polar surface area (TPSA) is 80.9 Å². The van der Waals surface area contributed by atoms with Crippen LogP contribution in [-0.4, -0.2) is 48.7 Å². The van der Waals surface area contributed by atoms with Gasteiger partial charge in [-0.25, -0.2) is 8.78 Å². The molecule has 0 radical (unpaired) electrons. The van der Waals surface area contributed by atoms with Crippen LogP contribution in [0.2, 0.25) is 0 Å². The first kappa shape index (κ1) is 31.3. The molecule has 0 bridgehead atoms.